The second-order valence-corrected chi connectivity index (χ2v) is 26.6. The molecule has 0 aromatic rings. The first-order chi connectivity index (χ1) is 45.2. The van der Waals surface area contributed by atoms with Crippen molar-refractivity contribution < 1.29 is 75.8 Å². The molecule has 0 saturated carbocycles. The number of aliphatic hydroxyl groups excluding tert-OH is 2. The number of allylic oxidation sites excluding steroid dienone is 20. The minimum absolute atomic E-state index is 0.0795. The predicted molar refractivity (Wildman–Crippen MR) is 380 cm³/mol. The van der Waals surface area contributed by atoms with E-state index >= 15 is 0 Å². The first-order valence-corrected chi connectivity index (χ1v) is 38.8. The number of rotatable bonds is 67. The number of unbranched alkanes of at least 4 members (excludes halogenated alkanes) is 24. The van der Waals surface area contributed by atoms with Gasteiger partial charge >= 0.3 is 33.6 Å². The van der Waals surface area contributed by atoms with E-state index < -0.39 is 91.5 Å². The number of carbonyl (C=O) groups is 3. The number of phosphoric acid groups is 2. The highest BCUT2D eigenvalue weighted by Crippen LogP contribution is 2.45. The third-order valence-corrected chi connectivity index (χ3v) is 16.5. The molecule has 0 aromatic heterocycles. The summed E-state index contributed by atoms with van der Waals surface area (Å²) < 4.78 is 60.8. The van der Waals surface area contributed by atoms with E-state index in [9.17, 15) is 43.5 Å². The average Bonchev–Trinajstić information content (AvgIpc) is 2.35. The first kappa shape index (κ1) is 89.0. The molecule has 5 atom stereocenters. The molecule has 93 heavy (non-hydrogen) atoms. The van der Waals surface area contributed by atoms with Gasteiger partial charge in [0.1, 0.15) is 25.4 Å². The highest BCUT2D eigenvalue weighted by molar-refractivity contribution is 7.47. The van der Waals surface area contributed by atoms with Crippen molar-refractivity contribution in [3.63, 3.8) is 0 Å². The molecule has 0 saturated heterocycles. The molecule has 0 aromatic carbocycles. The Morgan fingerprint density at radius 3 is 0.989 bits per heavy atom. The monoisotopic (exact) mass is 1350 g/mol. The molecule has 0 bridgehead atoms. The summed E-state index contributed by atoms with van der Waals surface area (Å²) in [4.78, 5) is 58.3. The summed E-state index contributed by atoms with van der Waals surface area (Å²) in [6.07, 6.45) is 78.6. The van der Waals surface area contributed by atoms with Gasteiger partial charge in [-0.2, -0.15) is 0 Å². The molecule has 0 aliphatic carbocycles. The van der Waals surface area contributed by atoms with Gasteiger partial charge in [0, 0.05) is 19.3 Å². The van der Waals surface area contributed by atoms with Crippen LogP contribution in [0.3, 0.4) is 0 Å². The summed E-state index contributed by atoms with van der Waals surface area (Å²) in [7, 11) is -9.79. The van der Waals surface area contributed by atoms with Gasteiger partial charge in [-0.05, 0) is 122 Å². The highest BCUT2D eigenvalue weighted by Gasteiger charge is 2.29. The molecule has 534 valence electrons. The van der Waals surface area contributed by atoms with Gasteiger partial charge in [-0.3, -0.25) is 32.5 Å². The van der Waals surface area contributed by atoms with Gasteiger partial charge < -0.3 is 34.2 Å². The second-order valence-electron chi connectivity index (χ2n) is 23.6. The molecular formula is C75H128O16P2. The number of phosphoric ester groups is 2. The fourth-order valence-electron chi connectivity index (χ4n) is 9.16. The minimum atomic E-state index is -4.94. The van der Waals surface area contributed by atoms with Crippen LogP contribution in [-0.4, -0.2) is 95.9 Å². The van der Waals surface area contributed by atoms with Crippen molar-refractivity contribution in [1.82, 2.24) is 0 Å². The third kappa shape index (κ3) is 69.1. The van der Waals surface area contributed by atoms with Gasteiger partial charge in [0.25, 0.3) is 0 Å². The summed E-state index contributed by atoms with van der Waals surface area (Å²) >= 11 is 0. The maximum Gasteiger partial charge on any atom is 0.472 e. The maximum absolute atomic E-state index is 12.9. The van der Waals surface area contributed by atoms with Crippen LogP contribution in [0.25, 0.3) is 0 Å². The van der Waals surface area contributed by atoms with Crippen molar-refractivity contribution in [3.8, 4) is 0 Å². The van der Waals surface area contributed by atoms with Gasteiger partial charge in [0.2, 0.25) is 0 Å². The molecule has 5 unspecified atom stereocenters. The van der Waals surface area contributed by atoms with E-state index in [4.69, 9.17) is 32.3 Å². The van der Waals surface area contributed by atoms with Crippen molar-refractivity contribution in [2.75, 3.05) is 39.6 Å². The molecule has 4 N–H and O–H groups in total. The normalized spacial score (nSPS) is 14.9. The van der Waals surface area contributed by atoms with Gasteiger partial charge in [0.15, 0.2) is 6.10 Å². The number of hydrogen-bond donors (Lipinski definition) is 4. The fourth-order valence-corrected chi connectivity index (χ4v) is 10.7. The van der Waals surface area contributed by atoms with Crippen LogP contribution in [0, 0.1) is 0 Å². The molecule has 16 nitrogen and oxygen atoms in total. The quantitative estimate of drug-likeness (QED) is 0.0146. The van der Waals surface area contributed by atoms with Gasteiger partial charge in [0.05, 0.1) is 26.4 Å². The largest absolute Gasteiger partial charge is 0.472 e. The third-order valence-electron chi connectivity index (χ3n) is 14.6. The fraction of sp³-hybridized carbons (Fsp3) is 0.693. The molecule has 0 rings (SSSR count). The van der Waals surface area contributed by atoms with Crippen LogP contribution >= 0.6 is 15.6 Å². The van der Waals surface area contributed by atoms with Crippen LogP contribution in [0.2, 0.25) is 0 Å². The van der Waals surface area contributed by atoms with E-state index in [-0.39, 0.29) is 19.3 Å². The molecule has 0 amide bonds. The van der Waals surface area contributed by atoms with E-state index in [0.717, 1.165) is 116 Å². The van der Waals surface area contributed by atoms with Crippen LogP contribution in [0.4, 0.5) is 0 Å². The van der Waals surface area contributed by atoms with Crippen molar-refractivity contribution >= 4 is 33.6 Å². The number of carbonyl (C=O) groups excluding carboxylic acids is 3. The Morgan fingerprint density at radius 1 is 0.312 bits per heavy atom. The SMILES string of the molecule is CC/C=C\C/C=C\C/C=C\C/C=C\C/C=C\CCCC(=O)OCC(COP(=O)(O)OCC(O)COP(=O)(O)OCC(O)COC(=O)CCCCCCCCCCCCCCC/C=C\C/C=C\C/C=C\C/C=C\CCCCC)OC(=O)CCCCCCC/C=C\CCCC. The summed E-state index contributed by atoms with van der Waals surface area (Å²) in [6, 6.07) is 0. The molecule has 0 fully saturated rings. The van der Waals surface area contributed by atoms with E-state index in [1.54, 1.807) is 0 Å². The molecule has 0 aliphatic rings. The topological polar surface area (TPSA) is 231 Å². The molecular weight excluding hydrogens is 1220 g/mol. The van der Waals surface area contributed by atoms with Crippen LogP contribution in [-0.2, 0) is 55.8 Å². The Labute approximate surface area is 563 Å². The van der Waals surface area contributed by atoms with Crippen molar-refractivity contribution in [3.05, 3.63) is 122 Å². The standard InChI is InChI=1S/C75H128O16P2/c1-4-7-10-13-16-19-22-24-26-28-29-30-31-32-33-34-35-36-37-38-39-41-43-44-47-49-52-55-58-61-73(78)85-64-70(76)65-87-92(81,82)88-66-71(77)67-89-93(83,84)90-69-72(91-75(80)63-60-57-54-51-46-21-18-15-12-9-6-3)68-86-74(79)62-59-56-53-50-48-45-42-40-27-25-23-20-17-14-11-8-5-2/h8,11,15-20,24-27,29-30,32-33,42,45,50,53,70-72,76-77H,4-7,9-10,12-14,21-23,28,31,34-41,43-44,46-49,51-52,54-69H2,1-3H3,(H,81,82)(H,83,84)/b11-8-,18-15-,19-16-,20-17-,26-24-,27-25-,30-29-,33-32-,45-42-,53-50-. The van der Waals surface area contributed by atoms with Gasteiger partial charge in [-0.1, -0.05) is 258 Å². The molecule has 18 heteroatoms. The Balaban J connectivity index is 4.46. The van der Waals surface area contributed by atoms with Crippen LogP contribution < -0.4 is 0 Å². The minimum Gasteiger partial charge on any atom is -0.463 e. The van der Waals surface area contributed by atoms with Gasteiger partial charge in [-0.15, -0.1) is 0 Å². The Kier molecular flexibility index (Phi) is 65.0. The zero-order valence-corrected chi connectivity index (χ0v) is 59.7. The van der Waals surface area contributed by atoms with E-state index in [2.05, 4.69) is 130 Å². The summed E-state index contributed by atoms with van der Waals surface area (Å²) in [5.41, 5.74) is 0. The first-order valence-electron chi connectivity index (χ1n) is 35.8. The molecule has 0 spiro atoms. The molecule has 0 aliphatic heterocycles. The Bertz CT molecular complexity index is 2180. The Morgan fingerprint density at radius 2 is 0.591 bits per heavy atom. The van der Waals surface area contributed by atoms with E-state index in [0.29, 0.717) is 25.7 Å². The number of ether oxygens (including phenoxy) is 3. The predicted octanol–water partition coefficient (Wildman–Crippen LogP) is 20.2. The van der Waals surface area contributed by atoms with Crippen molar-refractivity contribution in [2.24, 2.45) is 0 Å². The lowest BCUT2D eigenvalue weighted by Crippen LogP contribution is -2.30. The van der Waals surface area contributed by atoms with Crippen molar-refractivity contribution in [2.45, 2.75) is 296 Å². The molecule has 0 radical (unpaired) electrons. The summed E-state index contributed by atoms with van der Waals surface area (Å²) in [5, 5.41) is 20.6. The van der Waals surface area contributed by atoms with E-state index in [1.807, 2.05) is 12.2 Å². The maximum atomic E-state index is 12.9. The van der Waals surface area contributed by atoms with E-state index in [1.165, 1.54) is 96.3 Å². The van der Waals surface area contributed by atoms with Gasteiger partial charge in [-0.25, -0.2) is 9.13 Å². The summed E-state index contributed by atoms with van der Waals surface area (Å²) in [5.74, 6) is -1.66. The van der Waals surface area contributed by atoms with Crippen LogP contribution in [0.15, 0.2) is 122 Å². The average molecular weight is 1350 g/mol. The van der Waals surface area contributed by atoms with Crippen LogP contribution in [0.5, 0.6) is 0 Å². The molecule has 0 heterocycles. The summed E-state index contributed by atoms with van der Waals surface area (Å²) in [6.45, 7) is 2.40. The lowest BCUT2D eigenvalue weighted by Gasteiger charge is -2.21. The smallest absolute Gasteiger partial charge is 0.463 e. The highest BCUT2D eigenvalue weighted by atomic mass is 31.2. The Hall–Kier alpha value is -4.05. The lowest BCUT2D eigenvalue weighted by atomic mass is 10.0. The number of aliphatic hydroxyl groups is 2. The number of hydrogen-bond acceptors (Lipinski definition) is 14. The zero-order valence-electron chi connectivity index (χ0n) is 57.9. The lowest BCUT2D eigenvalue weighted by molar-refractivity contribution is -0.161. The van der Waals surface area contributed by atoms with Crippen LogP contribution in [0.1, 0.15) is 278 Å². The number of esters is 3. The van der Waals surface area contributed by atoms with Crippen molar-refractivity contribution in [1.29, 1.82) is 0 Å². The zero-order chi connectivity index (χ0) is 68.1. The second kappa shape index (κ2) is 67.9.